The van der Waals surface area contributed by atoms with Crippen LogP contribution in [-0.2, 0) is 17.8 Å². The number of hydrogen-bond acceptors (Lipinski definition) is 3. The van der Waals surface area contributed by atoms with Crippen molar-refractivity contribution in [3.63, 3.8) is 0 Å². The van der Waals surface area contributed by atoms with Crippen LogP contribution in [0.25, 0.3) is 5.69 Å². The molecule has 0 unspecified atom stereocenters. The zero-order chi connectivity index (χ0) is 15.4. The minimum atomic E-state index is -0.281. The molecule has 2 aromatic heterocycles. The van der Waals surface area contributed by atoms with Gasteiger partial charge in [-0.15, -0.1) is 11.3 Å². The number of aromatic nitrogens is 2. The molecule has 0 fully saturated rings. The van der Waals surface area contributed by atoms with Crippen molar-refractivity contribution in [1.82, 2.24) is 15.1 Å². The second kappa shape index (κ2) is 6.53. The molecule has 1 aromatic carbocycles. The number of rotatable bonds is 5. The third kappa shape index (κ3) is 3.59. The summed E-state index contributed by atoms with van der Waals surface area (Å²) in [5.41, 5.74) is 1.53. The van der Waals surface area contributed by atoms with Gasteiger partial charge in [-0.25, -0.2) is 9.07 Å². The number of nitrogens with one attached hydrogen (secondary N) is 1. The van der Waals surface area contributed by atoms with Crippen LogP contribution in [0, 0.1) is 5.82 Å². The summed E-state index contributed by atoms with van der Waals surface area (Å²) >= 11 is 1.56. The van der Waals surface area contributed by atoms with Crippen molar-refractivity contribution in [2.24, 2.45) is 0 Å². The molecule has 6 heteroatoms. The van der Waals surface area contributed by atoms with E-state index < -0.39 is 0 Å². The quantitative estimate of drug-likeness (QED) is 0.787. The summed E-state index contributed by atoms with van der Waals surface area (Å²) < 4.78 is 14.5. The van der Waals surface area contributed by atoms with Gasteiger partial charge in [0.15, 0.2) is 0 Å². The van der Waals surface area contributed by atoms with Crippen LogP contribution >= 0.6 is 11.3 Å². The topological polar surface area (TPSA) is 46.9 Å². The predicted molar refractivity (Wildman–Crippen MR) is 83.4 cm³/mol. The lowest BCUT2D eigenvalue weighted by Gasteiger charge is -2.03. The van der Waals surface area contributed by atoms with Crippen LogP contribution < -0.4 is 5.32 Å². The maximum Gasteiger partial charge on any atom is 0.225 e. The van der Waals surface area contributed by atoms with Gasteiger partial charge in [0.2, 0.25) is 5.91 Å². The van der Waals surface area contributed by atoms with E-state index in [1.807, 2.05) is 23.6 Å². The first-order valence-electron chi connectivity index (χ1n) is 6.80. The first kappa shape index (κ1) is 14.5. The van der Waals surface area contributed by atoms with Crippen molar-refractivity contribution in [3.05, 3.63) is 70.4 Å². The van der Waals surface area contributed by atoms with E-state index in [4.69, 9.17) is 0 Å². The van der Waals surface area contributed by atoms with Crippen LogP contribution in [0.4, 0.5) is 4.39 Å². The van der Waals surface area contributed by atoms with Gasteiger partial charge in [0.25, 0.3) is 0 Å². The molecule has 0 bridgehead atoms. The third-order valence-corrected chi connectivity index (χ3v) is 3.99. The fourth-order valence-electron chi connectivity index (χ4n) is 2.02. The van der Waals surface area contributed by atoms with Gasteiger partial charge in [0.05, 0.1) is 24.3 Å². The number of amides is 1. The van der Waals surface area contributed by atoms with Gasteiger partial charge in [-0.1, -0.05) is 6.07 Å². The maximum atomic E-state index is 12.9. The maximum absolute atomic E-state index is 12.9. The van der Waals surface area contributed by atoms with E-state index in [1.165, 1.54) is 12.1 Å². The number of hydrogen-bond donors (Lipinski definition) is 1. The van der Waals surface area contributed by atoms with Gasteiger partial charge in [-0.05, 0) is 41.8 Å². The fraction of sp³-hybridized carbons (Fsp3) is 0.125. The highest BCUT2D eigenvalue weighted by atomic mass is 32.1. The summed E-state index contributed by atoms with van der Waals surface area (Å²) in [5, 5.41) is 9.16. The van der Waals surface area contributed by atoms with E-state index in [0.717, 1.165) is 16.3 Å². The molecule has 0 radical (unpaired) electrons. The summed E-state index contributed by atoms with van der Waals surface area (Å²) in [4.78, 5) is 12.9. The lowest BCUT2D eigenvalue weighted by atomic mass is 10.3. The largest absolute Gasteiger partial charge is 0.350 e. The SMILES string of the molecule is O=C(Cc1cccs1)NCc1ccn(-c2ccc(F)cc2)n1. The second-order valence-electron chi connectivity index (χ2n) is 4.76. The summed E-state index contributed by atoms with van der Waals surface area (Å²) in [6, 6.07) is 11.8. The molecular formula is C16H14FN3OS. The third-order valence-electron chi connectivity index (χ3n) is 3.12. The number of benzene rings is 1. The Hall–Kier alpha value is -2.47. The van der Waals surface area contributed by atoms with Crippen molar-refractivity contribution in [3.8, 4) is 5.69 Å². The lowest BCUT2D eigenvalue weighted by molar-refractivity contribution is -0.120. The molecule has 1 N–H and O–H groups in total. The minimum absolute atomic E-state index is 0.0289. The molecule has 22 heavy (non-hydrogen) atoms. The van der Waals surface area contributed by atoms with E-state index >= 15 is 0 Å². The number of nitrogens with zero attached hydrogens (tertiary/aromatic N) is 2. The minimum Gasteiger partial charge on any atom is -0.350 e. The number of carbonyl (C=O) groups is 1. The van der Waals surface area contributed by atoms with Gasteiger partial charge in [0, 0.05) is 11.1 Å². The Bertz CT molecular complexity index is 750. The van der Waals surface area contributed by atoms with E-state index in [0.29, 0.717) is 13.0 Å². The Morgan fingerprint density at radius 2 is 2.05 bits per heavy atom. The molecule has 1 amide bonds. The highest BCUT2D eigenvalue weighted by Crippen LogP contribution is 2.10. The van der Waals surface area contributed by atoms with Crippen molar-refractivity contribution < 1.29 is 9.18 Å². The average Bonchev–Trinajstić information content (AvgIpc) is 3.17. The van der Waals surface area contributed by atoms with Crippen LogP contribution in [0.5, 0.6) is 0 Å². The van der Waals surface area contributed by atoms with E-state index in [9.17, 15) is 9.18 Å². The summed E-state index contributed by atoms with van der Waals surface area (Å²) in [7, 11) is 0. The van der Waals surface area contributed by atoms with Crippen LogP contribution in [0.1, 0.15) is 10.6 Å². The standard InChI is InChI=1S/C16H14FN3OS/c17-12-3-5-14(6-4-12)20-8-7-13(19-20)11-18-16(21)10-15-2-1-9-22-15/h1-9H,10-11H2,(H,18,21). The highest BCUT2D eigenvalue weighted by Gasteiger charge is 2.06. The normalized spacial score (nSPS) is 10.6. The number of thiophene rings is 1. The van der Waals surface area contributed by atoms with Crippen molar-refractivity contribution in [2.45, 2.75) is 13.0 Å². The lowest BCUT2D eigenvalue weighted by Crippen LogP contribution is -2.24. The number of halogens is 1. The van der Waals surface area contributed by atoms with Crippen molar-refractivity contribution >= 4 is 17.2 Å². The number of carbonyl (C=O) groups excluding carboxylic acids is 1. The first-order valence-corrected chi connectivity index (χ1v) is 7.68. The zero-order valence-corrected chi connectivity index (χ0v) is 12.5. The van der Waals surface area contributed by atoms with Gasteiger partial charge < -0.3 is 5.32 Å². The van der Waals surface area contributed by atoms with Crippen LogP contribution in [0.15, 0.2) is 54.0 Å². The molecule has 0 spiro atoms. The van der Waals surface area contributed by atoms with Crippen LogP contribution in [-0.4, -0.2) is 15.7 Å². The van der Waals surface area contributed by atoms with Crippen molar-refractivity contribution in [1.29, 1.82) is 0 Å². The molecule has 3 aromatic rings. The first-order chi connectivity index (χ1) is 10.7. The Kier molecular flexibility index (Phi) is 4.29. The molecule has 2 heterocycles. The van der Waals surface area contributed by atoms with Crippen molar-refractivity contribution in [2.75, 3.05) is 0 Å². The van der Waals surface area contributed by atoms with E-state index in [1.54, 1.807) is 34.3 Å². The Balaban J connectivity index is 1.57. The van der Waals surface area contributed by atoms with Crippen LogP contribution in [0.3, 0.4) is 0 Å². The monoisotopic (exact) mass is 315 g/mol. The van der Waals surface area contributed by atoms with Gasteiger partial charge in [-0.3, -0.25) is 4.79 Å². The molecule has 0 aliphatic heterocycles. The molecule has 3 rings (SSSR count). The Morgan fingerprint density at radius 3 is 2.77 bits per heavy atom. The fourth-order valence-corrected chi connectivity index (χ4v) is 2.72. The molecule has 0 aliphatic carbocycles. The molecule has 0 saturated heterocycles. The molecule has 0 saturated carbocycles. The van der Waals surface area contributed by atoms with Crippen LogP contribution in [0.2, 0.25) is 0 Å². The Morgan fingerprint density at radius 1 is 1.23 bits per heavy atom. The predicted octanol–water partition coefficient (Wildman–Crippen LogP) is 2.93. The van der Waals surface area contributed by atoms with Gasteiger partial charge in [-0.2, -0.15) is 5.10 Å². The molecule has 0 atom stereocenters. The molecule has 112 valence electrons. The Labute approximate surface area is 131 Å². The molecule has 4 nitrogen and oxygen atoms in total. The zero-order valence-electron chi connectivity index (χ0n) is 11.7. The van der Waals surface area contributed by atoms with E-state index in [-0.39, 0.29) is 11.7 Å². The van der Waals surface area contributed by atoms with Gasteiger partial charge in [0.1, 0.15) is 5.82 Å². The summed E-state index contributed by atoms with van der Waals surface area (Å²) in [5.74, 6) is -0.309. The highest BCUT2D eigenvalue weighted by molar-refractivity contribution is 7.10. The second-order valence-corrected chi connectivity index (χ2v) is 5.79. The average molecular weight is 315 g/mol. The summed E-state index contributed by atoms with van der Waals surface area (Å²) in [6.45, 7) is 0.373. The smallest absolute Gasteiger partial charge is 0.225 e. The molecule has 0 aliphatic rings. The summed E-state index contributed by atoms with van der Waals surface area (Å²) in [6.07, 6.45) is 2.17. The van der Waals surface area contributed by atoms with Gasteiger partial charge >= 0.3 is 0 Å². The van der Waals surface area contributed by atoms with E-state index in [2.05, 4.69) is 10.4 Å². The molecular weight excluding hydrogens is 301 g/mol.